The van der Waals surface area contributed by atoms with E-state index < -0.39 is 0 Å². The number of aromatic amines is 1. The average Bonchev–Trinajstić information content (AvgIpc) is 2.65. The van der Waals surface area contributed by atoms with Gasteiger partial charge in [0.15, 0.2) is 0 Å². The van der Waals surface area contributed by atoms with E-state index in [0.29, 0.717) is 6.04 Å². The molecule has 0 amide bonds. The van der Waals surface area contributed by atoms with Gasteiger partial charge in [0.25, 0.3) is 0 Å². The van der Waals surface area contributed by atoms with Crippen LogP contribution in [0, 0.1) is 6.92 Å². The Hall–Kier alpha value is -0.480. The van der Waals surface area contributed by atoms with Gasteiger partial charge in [-0.05, 0) is 44.3 Å². The molecule has 1 aliphatic heterocycles. The monoisotopic (exact) mass is 239 g/mol. The van der Waals surface area contributed by atoms with E-state index in [1.54, 1.807) is 0 Å². The molecule has 1 aromatic heterocycles. The molecule has 0 unspecified atom stereocenters. The molecule has 2 N–H and O–H groups in total. The maximum Gasteiger partial charge on any atom is 0.0640 e. The van der Waals surface area contributed by atoms with Gasteiger partial charge in [0.1, 0.15) is 0 Å². The van der Waals surface area contributed by atoms with Gasteiger partial charge in [-0.1, -0.05) is 0 Å². The number of nitrogens with one attached hydrogen (secondary N) is 2. The van der Waals surface area contributed by atoms with Crippen LogP contribution in [0.15, 0.2) is 6.07 Å². The summed E-state index contributed by atoms with van der Waals surface area (Å²) in [5.74, 6) is 2.62. The van der Waals surface area contributed by atoms with Gasteiger partial charge in [0.2, 0.25) is 0 Å². The minimum Gasteiger partial charge on any atom is -0.311 e. The van der Waals surface area contributed by atoms with Crippen LogP contribution in [0.4, 0.5) is 0 Å². The van der Waals surface area contributed by atoms with Gasteiger partial charge in [-0.15, -0.1) is 0 Å². The molecule has 1 atom stereocenters. The van der Waals surface area contributed by atoms with Gasteiger partial charge >= 0.3 is 0 Å². The quantitative estimate of drug-likeness (QED) is 0.845. The third kappa shape index (κ3) is 3.52. The normalized spacial score (nSPS) is 19.9. The Balaban J connectivity index is 1.77. The van der Waals surface area contributed by atoms with Crippen molar-refractivity contribution < 1.29 is 0 Å². The third-order valence-electron chi connectivity index (χ3n) is 3.02. The number of aromatic nitrogens is 2. The average molecular weight is 239 g/mol. The highest BCUT2D eigenvalue weighted by Gasteiger charge is 2.16. The molecule has 0 radical (unpaired) electrons. The summed E-state index contributed by atoms with van der Waals surface area (Å²) in [5, 5.41) is 11.0. The molecule has 3 nitrogen and oxygen atoms in total. The standard InChI is InChI=1S/C12H21N3S/c1-9(7-12-8-10(2)14-15-12)13-11-3-5-16-6-4-11/h8-9,11,13H,3-7H2,1-2H3,(H,14,15)/t9-/m1/s1. The molecule has 16 heavy (non-hydrogen) atoms. The lowest BCUT2D eigenvalue weighted by Gasteiger charge is -2.26. The fraction of sp³-hybridized carbons (Fsp3) is 0.750. The summed E-state index contributed by atoms with van der Waals surface area (Å²) in [6.07, 6.45) is 3.65. The number of rotatable bonds is 4. The Morgan fingerprint density at radius 3 is 2.94 bits per heavy atom. The Labute approximate surface area is 102 Å². The number of hydrogen-bond acceptors (Lipinski definition) is 3. The lowest BCUT2D eigenvalue weighted by atomic mass is 10.1. The minimum absolute atomic E-state index is 0.524. The molecule has 0 aliphatic carbocycles. The van der Waals surface area contributed by atoms with Gasteiger partial charge in [-0.25, -0.2) is 0 Å². The summed E-state index contributed by atoms with van der Waals surface area (Å²) in [4.78, 5) is 0. The maximum atomic E-state index is 4.28. The third-order valence-corrected chi connectivity index (χ3v) is 4.06. The lowest BCUT2D eigenvalue weighted by molar-refractivity contribution is 0.419. The van der Waals surface area contributed by atoms with Crippen molar-refractivity contribution in [3.05, 3.63) is 17.5 Å². The zero-order chi connectivity index (χ0) is 11.4. The summed E-state index contributed by atoms with van der Waals surface area (Å²) < 4.78 is 0. The van der Waals surface area contributed by atoms with Crippen molar-refractivity contribution in [1.82, 2.24) is 15.5 Å². The van der Waals surface area contributed by atoms with Gasteiger partial charge in [-0.3, -0.25) is 5.10 Å². The number of nitrogens with zero attached hydrogens (tertiary/aromatic N) is 1. The molecule has 1 fully saturated rings. The molecule has 1 aliphatic rings. The SMILES string of the molecule is Cc1cc(C[C@@H](C)NC2CCSCC2)n[nH]1. The van der Waals surface area contributed by atoms with E-state index in [0.717, 1.165) is 18.2 Å². The molecule has 0 bridgehead atoms. The van der Waals surface area contributed by atoms with Crippen molar-refractivity contribution in [3.8, 4) is 0 Å². The Morgan fingerprint density at radius 2 is 2.31 bits per heavy atom. The summed E-state index contributed by atoms with van der Waals surface area (Å²) >= 11 is 2.08. The summed E-state index contributed by atoms with van der Waals surface area (Å²) in [5.41, 5.74) is 2.32. The first-order valence-corrected chi connectivity index (χ1v) is 7.24. The van der Waals surface area contributed by atoms with Crippen molar-refractivity contribution in [2.45, 2.75) is 45.2 Å². The van der Waals surface area contributed by atoms with E-state index >= 15 is 0 Å². The Bertz CT molecular complexity index is 318. The first-order chi connectivity index (χ1) is 7.74. The fourth-order valence-electron chi connectivity index (χ4n) is 2.22. The van der Waals surface area contributed by atoms with Gasteiger partial charge < -0.3 is 5.32 Å². The number of hydrogen-bond donors (Lipinski definition) is 2. The molecule has 0 spiro atoms. The number of thioether (sulfide) groups is 1. The van der Waals surface area contributed by atoms with Crippen molar-refractivity contribution in [1.29, 1.82) is 0 Å². The van der Waals surface area contributed by atoms with E-state index in [9.17, 15) is 0 Å². The van der Waals surface area contributed by atoms with E-state index in [2.05, 4.69) is 40.3 Å². The summed E-state index contributed by atoms with van der Waals surface area (Å²) in [6.45, 7) is 4.30. The van der Waals surface area contributed by atoms with Crippen LogP contribution in [0.3, 0.4) is 0 Å². The first-order valence-electron chi connectivity index (χ1n) is 6.08. The van der Waals surface area contributed by atoms with Crippen LogP contribution < -0.4 is 5.32 Å². The molecular formula is C12H21N3S. The maximum absolute atomic E-state index is 4.28. The highest BCUT2D eigenvalue weighted by molar-refractivity contribution is 7.99. The molecule has 0 saturated carbocycles. The molecule has 4 heteroatoms. The van der Waals surface area contributed by atoms with Crippen LogP contribution in [0.25, 0.3) is 0 Å². The van der Waals surface area contributed by atoms with Crippen LogP contribution >= 0.6 is 11.8 Å². The predicted molar refractivity (Wildman–Crippen MR) is 70.0 cm³/mol. The summed E-state index contributed by atoms with van der Waals surface area (Å²) in [7, 11) is 0. The molecule has 2 heterocycles. The predicted octanol–water partition coefficient (Wildman–Crippen LogP) is 2.13. The second kappa shape index (κ2) is 5.73. The second-order valence-corrected chi connectivity index (χ2v) is 5.93. The minimum atomic E-state index is 0.524. The first kappa shape index (κ1) is 12.0. The molecule has 2 rings (SSSR count). The lowest BCUT2D eigenvalue weighted by Crippen LogP contribution is -2.39. The molecule has 0 aromatic carbocycles. The highest BCUT2D eigenvalue weighted by Crippen LogP contribution is 2.17. The molecule has 90 valence electrons. The fourth-order valence-corrected chi connectivity index (χ4v) is 3.32. The van der Waals surface area contributed by atoms with Crippen LogP contribution in [-0.2, 0) is 6.42 Å². The number of aryl methyl sites for hydroxylation is 1. The van der Waals surface area contributed by atoms with Crippen molar-refractivity contribution in [2.24, 2.45) is 0 Å². The van der Waals surface area contributed by atoms with Crippen LogP contribution in [0.1, 0.15) is 31.2 Å². The van der Waals surface area contributed by atoms with Crippen molar-refractivity contribution in [3.63, 3.8) is 0 Å². The summed E-state index contributed by atoms with van der Waals surface area (Å²) in [6, 6.07) is 3.38. The second-order valence-electron chi connectivity index (χ2n) is 4.70. The molecule has 1 saturated heterocycles. The largest absolute Gasteiger partial charge is 0.311 e. The van der Waals surface area contributed by atoms with E-state index in [1.807, 2.05) is 6.92 Å². The Kier molecular flexibility index (Phi) is 4.29. The number of H-pyrrole nitrogens is 1. The van der Waals surface area contributed by atoms with E-state index in [1.165, 1.54) is 30.0 Å². The van der Waals surface area contributed by atoms with Gasteiger partial charge in [0.05, 0.1) is 5.69 Å². The van der Waals surface area contributed by atoms with Crippen LogP contribution in [0.5, 0.6) is 0 Å². The van der Waals surface area contributed by atoms with Crippen molar-refractivity contribution in [2.75, 3.05) is 11.5 Å². The zero-order valence-corrected chi connectivity index (χ0v) is 10.9. The van der Waals surface area contributed by atoms with E-state index in [-0.39, 0.29) is 0 Å². The molecule has 1 aromatic rings. The van der Waals surface area contributed by atoms with Crippen molar-refractivity contribution >= 4 is 11.8 Å². The zero-order valence-electron chi connectivity index (χ0n) is 10.1. The molecular weight excluding hydrogens is 218 g/mol. The smallest absolute Gasteiger partial charge is 0.0640 e. The van der Waals surface area contributed by atoms with Crippen LogP contribution in [-0.4, -0.2) is 33.8 Å². The topological polar surface area (TPSA) is 40.7 Å². The van der Waals surface area contributed by atoms with Crippen LogP contribution in [0.2, 0.25) is 0 Å². The highest BCUT2D eigenvalue weighted by atomic mass is 32.2. The van der Waals surface area contributed by atoms with E-state index in [4.69, 9.17) is 0 Å². The van der Waals surface area contributed by atoms with Gasteiger partial charge in [0, 0.05) is 24.2 Å². The Morgan fingerprint density at radius 1 is 1.56 bits per heavy atom. The van der Waals surface area contributed by atoms with Gasteiger partial charge in [-0.2, -0.15) is 16.9 Å².